The summed E-state index contributed by atoms with van der Waals surface area (Å²) in [4.78, 5) is 13.6. The van der Waals surface area contributed by atoms with E-state index in [4.69, 9.17) is 0 Å². The van der Waals surface area contributed by atoms with Crippen LogP contribution < -0.4 is 10.6 Å². The van der Waals surface area contributed by atoms with Crippen LogP contribution in [-0.4, -0.2) is 5.78 Å². The number of anilines is 2. The number of ketones is 1. The molecule has 0 spiro atoms. The maximum absolute atomic E-state index is 13.6. The van der Waals surface area contributed by atoms with E-state index in [1.165, 1.54) is 16.7 Å². The van der Waals surface area contributed by atoms with Crippen molar-refractivity contribution in [2.75, 3.05) is 10.6 Å². The number of rotatable bonds is 3. The quantitative estimate of drug-likeness (QED) is 0.517. The lowest BCUT2D eigenvalue weighted by Gasteiger charge is -2.30. The number of nitrogens with one attached hydrogen (secondary N) is 2. The molecule has 0 fully saturated rings. The number of Topliss-reactive ketones (excluding diaryl/α,β-unsaturated/α-hetero) is 1. The Morgan fingerprint density at radius 2 is 1.52 bits per heavy atom. The topological polar surface area (TPSA) is 41.1 Å². The highest BCUT2D eigenvalue weighted by Crippen LogP contribution is 2.44. The van der Waals surface area contributed by atoms with Crippen LogP contribution in [0.1, 0.15) is 54.0 Å². The number of hydrogen-bond acceptors (Lipinski definition) is 3. The molecular formula is C28H28N2O. The zero-order chi connectivity index (χ0) is 21.4. The average Bonchev–Trinajstić information content (AvgIpc) is 2.96. The highest BCUT2D eigenvalue weighted by molar-refractivity contribution is 6.01. The molecule has 0 saturated carbocycles. The lowest BCUT2D eigenvalue weighted by Crippen LogP contribution is -2.26. The van der Waals surface area contributed by atoms with E-state index in [2.05, 4.69) is 85.1 Å². The molecule has 31 heavy (non-hydrogen) atoms. The van der Waals surface area contributed by atoms with E-state index in [9.17, 15) is 4.79 Å². The van der Waals surface area contributed by atoms with Crippen LogP contribution in [0.15, 0.2) is 84.1 Å². The maximum atomic E-state index is 13.6. The van der Waals surface area contributed by atoms with Crippen LogP contribution in [0.2, 0.25) is 0 Å². The summed E-state index contributed by atoms with van der Waals surface area (Å²) in [6.45, 7) is 4.26. The smallest absolute Gasteiger partial charge is 0.163 e. The van der Waals surface area contributed by atoms with E-state index in [1.54, 1.807) is 0 Å². The number of fused-ring (bicyclic) bond motifs is 1. The van der Waals surface area contributed by atoms with Crippen LogP contribution >= 0.6 is 0 Å². The Kier molecular flexibility index (Phi) is 5.11. The summed E-state index contributed by atoms with van der Waals surface area (Å²) in [6, 6.07) is 25.4. The molecule has 0 unspecified atom stereocenters. The number of carbonyl (C=O) groups excluding carboxylic acids is 1. The molecule has 0 amide bonds. The number of aryl methyl sites for hydroxylation is 2. The molecule has 1 heterocycles. The monoisotopic (exact) mass is 408 g/mol. The molecule has 2 N–H and O–H groups in total. The summed E-state index contributed by atoms with van der Waals surface area (Å²) < 4.78 is 0. The zero-order valence-corrected chi connectivity index (χ0v) is 18.1. The summed E-state index contributed by atoms with van der Waals surface area (Å²) in [7, 11) is 0. The fourth-order valence-electron chi connectivity index (χ4n) is 4.76. The number of allylic oxidation sites excluding steroid dienone is 1. The van der Waals surface area contributed by atoms with Crippen LogP contribution in [0.3, 0.4) is 0 Å². The van der Waals surface area contributed by atoms with E-state index in [0.29, 0.717) is 6.42 Å². The van der Waals surface area contributed by atoms with Gasteiger partial charge in [-0.05, 0) is 54.5 Å². The molecule has 0 bridgehead atoms. The van der Waals surface area contributed by atoms with Crippen molar-refractivity contribution in [1.29, 1.82) is 0 Å². The third-order valence-electron chi connectivity index (χ3n) is 6.58. The Bertz CT molecular complexity index is 1140. The Hall–Kier alpha value is -3.33. The molecule has 3 aromatic carbocycles. The van der Waals surface area contributed by atoms with Gasteiger partial charge in [-0.2, -0.15) is 0 Å². The van der Waals surface area contributed by atoms with Crippen molar-refractivity contribution in [3.8, 4) is 0 Å². The molecule has 0 saturated heterocycles. The molecule has 1 aliphatic carbocycles. The molecule has 3 aromatic rings. The fourth-order valence-corrected chi connectivity index (χ4v) is 4.76. The minimum atomic E-state index is -0.150. The van der Waals surface area contributed by atoms with Crippen LogP contribution in [0, 0.1) is 6.92 Å². The Morgan fingerprint density at radius 3 is 2.23 bits per heavy atom. The summed E-state index contributed by atoms with van der Waals surface area (Å²) >= 11 is 0. The maximum Gasteiger partial charge on any atom is 0.163 e. The first-order chi connectivity index (χ1) is 15.1. The largest absolute Gasteiger partial charge is 0.372 e. The molecule has 2 aliphatic rings. The third kappa shape index (κ3) is 3.76. The first kappa shape index (κ1) is 19.6. The van der Waals surface area contributed by atoms with Gasteiger partial charge in [-0.3, -0.25) is 4.79 Å². The van der Waals surface area contributed by atoms with Gasteiger partial charge in [0.25, 0.3) is 0 Å². The van der Waals surface area contributed by atoms with Crippen molar-refractivity contribution in [3.05, 3.63) is 106 Å². The van der Waals surface area contributed by atoms with Gasteiger partial charge in [-0.25, -0.2) is 0 Å². The van der Waals surface area contributed by atoms with Gasteiger partial charge in [0.2, 0.25) is 0 Å². The summed E-state index contributed by atoms with van der Waals surface area (Å²) in [6.07, 6.45) is 2.39. The second-order valence-corrected chi connectivity index (χ2v) is 8.67. The van der Waals surface area contributed by atoms with Crippen molar-refractivity contribution in [1.82, 2.24) is 0 Å². The molecular weight excluding hydrogens is 380 g/mol. The van der Waals surface area contributed by atoms with Crippen LogP contribution in [0.5, 0.6) is 0 Å². The van der Waals surface area contributed by atoms with Crippen molar-refractivity contribution in [2.45, 2.75) is 45.1 Å². The van der Waals surface area contributed by atoms with Crippen molar-refractivity contribution in [2.24, 2.45) is 0 Å². The standard InChI is InChI=1S/C28H28N2O/c1-3-19-10-14-21(15-11-19)28-27-25(29-23-6-4-5-7-24(23)30-28)16-22(17-26(27)31)20-12-8-18(2)9-13-20/h4-15,22,28-30H,3,16-17H2,1-2H3/t22-,28+/m0/s1. The fraction of sp³-hybridized carbons (Fsp3) is 0.250. The van der Waals surface area contributed by atoms with Gasteiger partial charge >= 0.3 is 0 Å². The number of para-hydroxylation sites is 2. The van der Waals surface area contributed by atoms with E-state index < -0.39 is 0 Å². The van der Waals surface area contributed by atoms with Gasteiger partial charge in [0.05, 0.1) is 17.4 Å². The first-order valence-corrected chi connectivity index (χ1v) is 11.2. The van der Waals surface area contributed by atoms with E-state index in [-0.39, 0.29) is 17.7 Å². The van der Waals surface area contributed by atoms with Crippen molar-refractivity contribution >= 4 is 17.2 Å². The van der Waals surface area contributed by atoms with Crippen LogP contribution in [0.25, 0.3) is 0 Å². The van der Waals surface area contributed by atoms with Gasteiger partial charge < -0.3 is 10.6 Å². The van der Waals surface area contributed by atoms with Gasteiger partial charge in [0, 0.05) is 17.7 Å². The molecule has 3 heteroatoms. The van der Waals surface area contributed by atoms with Crippen LogP contribution in [-0.2, 0) is 11.2 Å². The van der Waals surface area contributed by atoms with E-state index >= 15 is 0 Å². The molecule has 0 aromatic heterocycles. The summed E-state index contributed by atoms with van der Waals surface area (Å²) in [5, 5.41) is 7.29. The van der Waals surface area contributed by atoms with Crippen molar-refractivity contribution in [3.63, 3.8) is 0 Å². The SMILES string of the molecule is CCc1ccc([C@H]2Nc3ccccc3NC3=C2C(=O)C[C@@H](c2ccc(C)cc2)C3)cc1. The lowest BCUT2D eigenvalue weighted by molar-refractivity contribution is -0.116. The van der Waals surface area contributed by atoms with E-state index in [1.807, 2.05) is 12.1 Å². The highest BCUT2D eigenvalue weighted by atomic mass is 16.1. The lowest BCUT2D eigenvalue weighted by atomic mass is 9.78. The Morgan fingerprint density at radius 1 is 0.839 bits per heavy atom. The summed E-state index contributed by atoms with van der Waals surface area (Å²) in [5.41, 5.74) is 8.90. The van der Waals surface area contributed by atoms with E-state index in [0.717, 1.165) is 41.1 Å². The summed E-state index contributed by atoms with van der Waals surface area (Å²) in [5.74, 6) is 0.428. The first-order valence-electron chi connectivity index (χ1n) is 11.2. The van der Waals surface area contributed by atoms with Gasteiger partial charge in [-0.15, -0.1) is 0 Å². The highest BCUT2D eigenvalue weighted by Gasteiger charge is 2.35. The second-order valence-electron chi connectivity index (χ2n) is 8.67. The molecule has 5 rings (SSSR count). The Labute approximate surface area is 184 Å². The minimum absolute atomic E-state index is 0.150. The number of hydrogen-bond donors (Lipinski definition) is 2. The molecule has 156 valence electrons. The molecule has 2 atom stereocenters. The van der Waals surface area contributed by atoms with Crippen LogP contribution in [0.4, 0.5) is 11.4 Å². The molecule has 0 radical (unpaired) electrons. The van der Waals surface area contributed by atoms with Crippen molar-refractivity contribution < 1.29 is 4.79 Å². The normalized spacial score (nSPS) is 20.3. The molecule has 1 aliphatic heterocycles. The minimum Gasteiger partial charge on any atom is -0.372 e. The third-order valence-corrected chi connectivity index (χ3v) is 6.58. The predicted molar refractivity (Wildman–Crippen MR) is 127 cm³/mol. The average molecular weight is 409 g/mol. The van der Waals surface area contributed by atoms with Gasteiger partial charge in [0.1, 0.15) is 0 Å². The second kappa shape index (κ2) is 8.07. The predicted octanol–water partition coefficient (Wildman–Crippen LogP) is 6.54. The Balaban J connectivity index is 1.58. The zero-order valence-electron chi connectivity index (χ0n) is 18.1. The molecule has 3 nitrogen and oxygen atoms in total. The number of carbonyl (C=O) groups is 1. The van der Waals surface area contributed by atoms with Gasteiger partial charge in [0.15, 0.2) is 5.78 Å². The number of benzene rings is 3. The van der Waals surface area contributed by atoms with Gasteiger partial charge in [-0.1, -0.05) is 73.2 Å².